The maximum absolute atomic E-state index is 11.6. The zero-order chi connectivity index (χ0) is 11.4. The number of amides is 1. The van der Waals surface area contributed by atoms with E-state index in [0.717, 1.165) is 9.14 Å². The van der Waals surface area contributed by atoms with Crippen LogP contribution in [0.15, 0.2) is 30.4 Å². The van der Waals surface area contributed by atoms with Crippen LogP contribution in [0.2, 0.25) is 5.02 Å². The normalized spacial score (nSPS) is 9.80. The molecule has 0 heterocycles. The van der Waals surface area contributed by atoms with E-state index in [1.165, 1.54) is 0 Å². The summed E-state index contributed by atoms with van der Waals surface area (Å²) in [5, 5.41) is 3.34. The predicted octanol–water partition coefficient (Wildman–Crippen LogP) is 3.25. The van der Waals surface area contributed by atoms with Crippen molar-refractivity contribution < 1.29 is 4.79 Å². The van der Waals surface area contributed by atoms with Crippen LogP contribution in [-0.4, -0.2) is 12.5 Å². The first-order valence-corrected chi connectivity index (χ1v) is 5.84. The number of carbonyl (C=O) groups is 1. The molecule has 0 aliphatic heterocycles. The van der Waals surface area contributed by atoms with Crippen molar-refractivity contribution in [2.24, 2.45) is 0 Å². The van der Waals surface area contributed by atoms with Gasteiger partial charge in [0.15, 0.2) is 0 Å². The molecule has 0 aliphatic rings. The standard InChI is InChI=1S/C11H11ClINO/c1-7(2)6-14-11(15)8-3-4-10(13)9(12)5-8/h3-5H,1,6H2,2H3,(H,14,15). The number of hydrogen-bond acceptors (Lipinski definition) is 1. The molecule has 0 radical (unpaired) electrons. The minimum Gasteiger partial charge on any atom is -0.348 e. The van der Waals surface area contributed by atoms with Crippen LogP contribution in [0.25, 0.3) is 0 Å². The summed E-state index contributed by atoms with van der Waals surface area (Å²) in [6.45, 7) is 6.06. The van der Waals surface area contributed by atoms with E-state index in [1.807, 2.05) is 13.0 Å². The summed E-state index contributed by atoms with van der Waals surface area (Å²) >= 11 is 8.03. The van der Waals surface area contributed by atoms with Gasteiger partial charge >= 0.3 is 0 Å². The molecule has 1 aromatic rings. The van der Waals surface area contributed by atoms with Crippen molar-refractivity contribution in [2.45, 2.75) is 6.92 Å². The lowest BCUT2D eigenvalue weighted by Gasteiger charge is -2.05. The highest BCUT2D eigenvalue weighted by atomic mass is 127. The first-order chi connectivity index (χ1) is 7.00. The van der Waals surface area contributed by atoms with Crippen LogP contribution in [0, 0.1) is 3.57 Å². The van der Waals surface area contributed by atoms with Crippen molar-refractivity contribution in [3.63, 3.8) is 0 Å². The topological polar surface area (TPSA) is 29.1 Å². The highest BCUT2D eigenvalue weighted by Crippen LogP contribution is 2.19. The van der Waals surface area contributed by atoms with Crippen molar-refractivity contribution in [3.8, 4) is 0 Å². The number of halogens is 2. The highest BCUT2D eigenvalue weighted by molar-refractivity contribution is 14.1. The Labute approximate surface area is 108 Å². The fourth-order valence-electron chi connectivity index (χ4n) is 0.971. The van der Waals surface area contributed by atoms with Gasteiger partial charge in [0.05, 0.1) is 5.02 Å². The van der Waals surface area contributed by atoms with Crippen LogP contribution in [0.5, 0.6) is 0 Å². The Balaban J connectivity index is 2.74. The van der Waals surface area contributed by atoms with E-state index >= 15 is 0 Å². The number of hydrogen-bond donors (Lipinski definition) is 1. The van der Waals surface area contributed by atoms with Crippen molar-refractivity contribution in [3.05, 3.63) is 44.5 Å². The van der Waals surface area contributed by atoms with Gasteiger partial charge in [0.2, 0.25) is 0 Å². The van der Waals surface area contributed by atoms with Crippen LogP contribution < -0.4 is 5.32 Å². The summed E-state index contributed by atoms with van der Waals surface area (Å²) in [7, 11) is 0. The fraction of sp³-hybridized carbons (Fsp3) is 0.182. The maximum atomic E-state index is 11.6. The second-order valence-electron chi connectivity index (χ2n) is 3.27. The minimum absolute atomic E-state index is 0.128. The highest BCUT2D eigenvalue weighted by Gasteiger charge is 2.06. The summed E-state index contributed by atoms with van der Waals surface area (Å²) in [6, 6.07) is 5.23. The summed E-state index contributed by atoms with van der Waals surface area (Å²) in [5.74, 6) is -0.128. The average Bonchev–Trinajstić information content (AvgIpc) is 2.18. The summed E-state index contributed by atoms with van der Waals surface area (Å²) < 4.78 is 0.936. The molecule has 15 heavy (non-hydrogen) atoms. The van der Waals surface area contributed by atoms with Gasteiger partial charge in [-0.1, -0.05) is 23.8 Å². The van der Waals surface area contributed by atoms with Crippen molar-refractivity contribution in [2.75, 3.05) is 6.54 Å². The molecule has 0 spiro atoms. The Hall–Kier alpha value is -0.550. The molecular formula is C11H11ClINO. The lowest BCUT2D eigenvalue weighted by atomic mass is 10.2. The van der Waals surface area contributed by atoms with Gasteiger partial charge in [-0.05, 0) is 47.7 Å². The molecule has 1 rings (SSSR count). The molecule has 0 aromatic heterocycles. The summed E-state index contributed by atoms with van der Waals surface area (Å²) in [6.07, 6.45) is 0. The Bertz CT molecular complexity index is 404. The van der Waals surface area contributed by atoms with Crippen molar-refractivity contribution in [1.82, 2.24) is 5.32 Å². The van der Waals surface area contributed by atoms with E-state index < -0.39 is 0 Å². The third-order valence-electron chi connectivity index (χ3n) is 1.73. The molecule has 2 nitrogen and oxygen atoms in total. The van der Waals surface area contributed by atoms with Gasteiger partial charge in [0, 0.05) is 15.7 Å². The molecule has 4 heteroatoms. The Kier molecular flexibility index (Phi) is 4.60. The van der Waals surface area contributed by atoms with E-state index in [2.05, 4.69) is 34.5 Å². The van der Waals surface area contributed by atoms with Crippen molar-refractivity contribution >= 4 is 40.1 Å². The molecule has 0 saturated heterocycles. The van der Waals surface area contributed by atoms with Gasteiger partial charge in [0.25, 0.3) is 5.91 Å². The van der Waals surface area contributed by atoms with E-state index in [9.17, 15) is 4.79 Å². The van der Waals surface area contributed by atoms with Crippen LogP contribution >= 0.6 is 34.2 Å². The molecule has 0 saturated carbocycles. The van der Waals surface area contributed by atoms with E-state index in [0.29, 0.717) is 17.1 Å². The molecule has 1 N–H and O–H groups in total. The molecule has 0 bridgehead atoms. The van der Waals surface area contributed by atoms with E-state index in [4.69, 9.17) is 11.6 Å². The van der Waals surface area contributed by atoms with Gasteiger partial charge in [0.1, 0.15) is 0 Å². The fourth-order valence-corrected chi connectivity index (χ4v) is 1.49. The Morgan fingerprint density at radius 1 is 1.60 bits per heavy atom. The van der Waals surface area contributed by atoms with Crippen LogP contribution in [0.3, 0.4) is 0 Å². The molecular weight excluding hydrogens is 324 g/mol. The van der Waals surface area contributed by atoms with Crippen LogP contribution in [0.1, 0.15) is 17.3 Å². The minimum atomic E-state index is -0.128. The number of rotatable bonds is 3. The van der Waals surface area contributed by atoms with Gasteiger partial charge in [-0.25, -0.2) is 0 Å². The molecule has 1 aromatic carbocycles. The molecule has 0 aliphatic carbocycles. The second kappa shape index (κ2) is 5.51. The zero-order valence-electron chi connectivity index (χ0n) is 8.31. The molecule has 0 fully saturated rings. The second-order valence-corrected chi connectivity index (χ2v) is 4.84. The third-order valence-corrected chi connectivity index (χ3v) is 3.30. The number of nitrogens with one attached hydrogen (secondary N) is 1. The Morgan fingerprint density at radius 2 is 2.27 bits per heavy atom. The van der Waals surface area contributed by atoms with Crippen LogP contribution in [0.4, 0.5) is 0 Å². The summed E-state index contributed by atoms with van der Waals surface area (Å²) in [4.78, 5) is 11.6. The largest absolute Gasteiger partial charge is 0.348 e. The lowest BCUT2D eigenvalue weighted by molar-refractivity contribution is 0.0957. The first kappa shape index (κ1) is 12.5. The van der Waals surface area contributed by atoms with Crippen molar-refractivity contribution in [1.29, 1.82) is 0 Å². The number of benzene rings is 1. The van der Waals surface area contributed by atoms with E-state index in [-0.39, 0.29) is 5.91 Å². The SMILES string of the molecule is C=C(C)CNC(=O)c1ccc(I)c(Cl)c1. The molecule has 1 amide bonds. The first-order valence-electron chi connectivity index (χ1n) is 4.38. The predicted molar refractivity (Wildman–Crippen MR) is 71.3 cm³/mol. The van der Waals surface area contributed by atoms with Gasteiger partial charge < -0.3 is 5.32 Å². The van der Waals surface area contributed by atoms with E-state index in [1.54, 1.807) is 12.1 Å². The van der Waals surface area contributed by atoms with Crippen LogP contribution in [-0.2, 0) is 0 Å². The number of carbonyl (C=O) groups excluding carboxylic acids is 1. The molecule has 0 unspecified atom stereocenters. The molecule has 0 atom stereocenters. The zero-order valence-corrected chi connectivity index (χ0v) is 11.2. The average molecular weight is 336 g/mol. The third kappa shape index (κ3) is 3.83. The maximum Gasteiger partial charge on any atom is 0.251 e. The van der Waals surface area contributed by atoms with Gasteiger partial charge in [-0.2, -0.15) is 0 Å². The smallest absolute Gasteiger partial charge is 0.251 e. The monoisotopic (exact) mass is 335 g/mol. The lowest BCUT2D eigenvalue weighted by Crippen LogP contribution is -2.24. The van der Waals surface area contributed by atoms with Gasteiger partial charge in [-0.3, -0.25) is 4.79 Å². The molecule has 80 valence electrons. The summed E-state index contributed by atoms with van der Waals surface area (Å²) in [5.41, 5.74) is 1.49. The van der Waals surface area contributed by atoms with Gasteiger partial charge in [-0.15, -0.1) is 0 Å². The Morgan fingerprint density at radius 3 is 2.80 bits per heavy atom. The quantitative estimate of drug-likeness (QED) is 0.667.